The molecule has 0 aromatic carbocycles. The number of likely N-dealkylation sites (tertiary alicyclic amines) is 1. The van der Waals surface area contributed by atoms with Gasteiger partial charge >= 0.3 is 0 Å². The lowest BCUT2D eigenvalue weighted by atomic mass is 9.68. The molecule has 3 rings (SSSR count). The van der Waals surface area contributed by atoms with Crippen LogP contribution in [-0.2, 0) is 4.74 Å². The number of hydrogen-bond acceptors (Lipinski definition) is 2. The van der Waals surface area contributed by atoms with Gasteiger partial charge in [-0.25, -0.2) is 0 Å². The van der Waals surface area contributed by atoms with E-state index in [-0.39, 0.29) is 0 Å². The number of ether oxygens (including phenoxy) is 1. The van der Waals surface area contributed by atoms with Crippen LogP contribution in [0, 0.1) is 5.41 Å². The lowest BCUT2D eigenvalue weighted by Crippen LogP contribution is -2.42. The van der Waals surface area contributed by atoms with Crippen molar-refractivity contribution in [3.05, 3.63) is 0 Å². The van der Waals surface area contributed by atoms with Crippen molar-refractivity contribution in [2.75, 3.05) is 33.3 Å². The molecule has 0 unspecified atom stereocenters. The second-order valence-electron chi connectivity index (χ2n) is 8.19. The van der Waals surface area contributed by atoms with Crippen molar-refractivity contribution in [3.8, 4) is 0 Å². The highest BCUT2D eigenvalue weighted by Crippen LogP contribution is 2.47. The normalized spacial score (nSPS) is 24.9. The first-order valence-electron chi connectivity index (χ1n) is 10.4. The van der Waals surface area contributed by atoms with E-state index >= 15 is 0 Å². The molecule has 24 heavy (non-hydrogen) atoms. The molecule has 138 valence electrons. The van der Waals surface area contributed by atoms with Crippen molar-refractivity contribution < 1.29 is 4.74 Å². The molecule has 0 aromatic rings. The lowest BCUT2D eigenvalue weighted by molar-refractivity contribution is 0.0411. The molecule has 0 atom stereocenters. The highest BCUT2D eigenvalue weighted by Gasteiger charge is 2.43. The summed E-state index contributed by atoms with van der Waals surface area (Å²) in [5.41, 5.74) is 0.643. The topological polar surface area (TPSA) is 36.9 Å². The largest absolute Gasteiger partial charge is 0.378 e. The Morgan fingerprint density at radius 3 is 2.50 bits per heavy atom. The molecule has 3 aliphatic rings. The van der Waals surface area contributed by atoms with Gasteiger partial charge in [-0.3, -0.25) is 4.99 Å². The molecule has 2 saturated carbocycles. The van der Waals surface area contributed by atoms with E-state index in [1.807, 2.05) is 7.05 Å². The van der Waals surface area contributed by atoms with Crippen LogP contribution in [0.3, 0.4) is 0 Å². The molecule has 4 nitrogen and oxygen atoms in total. The second-order valence-corrected chi connectivity index (χ2v) is 8.19. The average Bonchev–Trinajstić information content (AvgIpc) is 2.86. The SMILES string of the molecule is CN=C(NCCCCOC1CCCCCC1)N1CCC2(CCC2)C1. The number of hydrogen-bond donors (Lipinski definition) is 1. The third-order valence-corrected chi connectivity index (χ3v) is 6.37. The Labute approximate surface area is 148 Å². The van der Waals surface area contributed by atoms with E-state index in [1.165, 1.54) is 83.7 Å². The quantitative estimate of drug-likeness (QED) is 0.345. The average molecular weight is 336 g/mol. The van der Waals surface area contributed by atoms with Gasteiger partial charge in [-0.15, -0.1) is 0 Å². The van der Waals surface area contributed by atoms with E-state index in [4.69, 9.17) is 4.74 Å². The number of unbranched alkanes of at least 4 members (excludes halogenated alkanes) is 1. The zero-order chi connectivity index (χ0) is 16.7. The molecule has 1 saturated heterocycles. The minimum atomic E-state index is 0.538. The molecule has 0 aromatic heterocycles. The number of aliphatic imine (C=N–C) groups is 1. The van der Waals surface area contributed by atoms with E-state index in [1.54, 1.807) is 0 Å². The van der Waals surface area contributed by atoms with Crippen molar-refractivity contribution in [3.63, 3.8) is 0 Å². The third kappa shape index (κ3) is 4.87. The first kappa shape index (κ1) is 18.0. The van der Waals surface area contributed by atoms with Crippen molar-refractivity contribution in [2.45, 2.75) is 83.2 Å². The van der Waals surface area contributed by atoms with Gasteiger partial charge in [0.25, 0.3) is 0 Å². The Balaban J connectivity index is 1.25. The van der Waals surface area contributed by atoms with Crippen molar-refractivity contribution in [1.82, 2.24) is 10.2 Å². The Hall–Kier alpha value is -0.770. The number of nitrogens with one attached hydrogen (secondary N) is 1. The molecule has 4 heteroatoms. The summed E-state index contributed by atoms with van der Waals surface area (Å²) in [7, 11) is 1.92. The summed E-state index contributed by atoms with van der Waals surface area (Å²) in [6.45, 7) is 4.35. The molecule has 0 bridgehead atoms. The summed E-state index contributed by atoms with van der Waals surface area (Å²) < 4.78 is 6.08. The van der Waals surface area contributed by atoms with E-state index < -0.39 is 0 Å². The smallest absolute Gasteiger partial charge is 0.193 e. The van der Waals surface area contributed by atoms with Crippen molar-refractivity contribution in [1.29, 1.82) is 0 Å². The van der Waals surface area contributed by atoms with Crippen molar-refractivity contribution in [2.24, 2.45) is 10.4 Å². The highest BCUT2D eigenvalue weighted by molar-refractivity contribution is 5.80. The Kier molecular flexibility index (Phi) is 6.82. The minimum Gasteiger partial charge on any atom is -0.378 e. The van der Waals surface area contributed by atoms with Gasteiger partial charge in [-0.1, -0.05) is 32.1 Å². The summed E-state index contributed by atoms with van der Waals surface area (Å²) in [5.74, 6) is 1.11. The molecule has 1 spiro atoms. The molecule has 1 heterocycles. The van der Waals surface area contributed by atoms with Crippen LogP contribution < -0.4 is 5.32 Å². The molecule has 2 aliphatic carbocycles. The van der Waals surface area contributed by atoms with Crippen LogP contribution in [0.25, 0.3) is 0 Å². The Morgan fingerprint density at radius 2 is 1.88 bits per heavy atom. The fourth-order valence-electron chi connectivity index (χ4n) is 4.62. The van der Waals surface area contributed by atoms with E-state index in [0.29, 0.717) is 11.5 Å². The van der Waals surface area contributed by atoms with E-state index in [2.05, 4.69) is 15.2 Å². The number of nitrogens with zero attached hydrogens (tertiary/aromatic N) is 2. The maximum absolute atomic E-state index is 6.08. The number of guanidine groups is 1. The van der Waals surface area contributed by atoms with Gasteiger partial charge in [0, 0.05) is 33.3 Å². The summed E-state index contributed by atoms with van der Waals surface area (Å²) >= 11 is 0. The third-order valence-electron chi connectivity index (χ3n) is 6.37. The van der Waals surface area contributed by atoms with Gasteiger partial charge in [0.2, 0.25) is 0 Å². The van der Waals surface area contributed by atoms with Crippen molar-refractivity contribution >= 4 is 5.96 Å². The van der Waals surface area contributed by atoms with Gasteiger partial charge in [-0.2, -0.15) is 0 Å². The van der Waals surface area contributed by atoms with Crippen LogP contribution in [-0.4, -0.2) is 50.3 Å². The monoisotopic (exact) mass is 335 g/mol. The lowest BCUT2D eigenvalue weighted by Gasteiger charge is -2.38. The van der Waals surface area contributed by atoms with Crippen LogP contribution in [0.4, 0.5) is 0 Å². The van der Waals surface area contributed by atoms with Crippen LogP contribution >= 0.6 is 0 Å². The molecule has 3 fully saturated rings. The predicted octanol–water partition coefficient (Wildman–Crippen LogP) is 3.96. The second kappa shape index (κ2) is 9.07. The molecule has 0 radical (unpaired) electrons. The minimum absolute atomic E-state index is 0.538. The molecular weight excluding hydrogens is 298 g/mol. The zero-order valence-electron chi connectivity index (χ0n) is 15.7. The van der Waals surface area contributed by atoms with Gasteiger partial charge in [-0.05, 0) is 50.4 Å². The molecule has 1 N–H and O–H groups in total. The van der Waals surface area contributed by atoms with Crippen LogP contribution in [0.2, 0.25) is 0 Å². The molecule has 0 amide bonds. The fourth-order valence-corrected chi connectivity index (χ4v) is 4.62. The Bertz CT molecular complexity index is 398. The summed E-state index contributed by atoms with van der Waals surface area (Å²) in [5, 5.41) is 3.57. The molecule has 1 aliphatic heterocycles. The van der Waals surface area contributed by atoms with Crippen LogP contribution in [0.5, 0.6) is 0 Å². The summed E-state index contributed by atoms with van der Waals surface area (Å²) in [4.78, 5) is 6.97. The van der Waals surface area contributed by atoms with Crippen LogP contribution in [0.1, 0.15) is 77.0 Å². The first-order chi connectivity index (χ1) is 11.8. The Morgan fingerprint density at radius 1 is 1.08 bits per heavy atom. The van der Waals surface area contributed by atoms with E-state index in [9.17, 15) is 0 Å². The number of rotatable bonds is 6. The van der Waals surface area contributed by atoms with Gasteiger partial charge < -0.3 is 15.0 Å². The maximum atomic E-state index is 6.08. The van der Waals surface area contributed by atoms with E-state index in [0.717, 1.165) is 25.5 Å². The maximum Gasteiger partial charge on any atom is 0.193 e. The van der Waals surface area contributed by atoms with Crippen LogP contribution in [0.15, 0.2) is 4.99 Å². The summed E-state index contributed by atoms with van der Waals surface area (Å²) in [6, 6.07) is 0. The zero-order valence-corrected chi connectivity index (χ0v) is 15.7. The molecular formula is C20H37N3O. The fraction of sp³-hybridized carbons (Fsp3) is 0.950. The van der Waals surface area contributed by atoms with Gasteiger partial charge in [0.15, 0.2) is 5.96 Å². The predicted molar refractivity (Wildman–Crippen MR) is 101 cm³/mol. The van der Waals surface area contributed by atoms with Gasteiger partial charge in [0.1, 0.15) is 0 Å². The first-order valence-corrected chi connectivity index (χ1v) is 10.4. The standard InChI is InChI=1S/C20H37N3O/c1-21-19(23-15-13-20(17-23)11-8-12-20)22-14-6-7-16-24-18-9-4-2-3-5-10-18/h18H,2-17H2,1H3,(H,21,22). The van der Waals surface area contributed by atoms with Gasteiger partial charge in [0.05, 0.1) is 6.10 Å². The summed E-state index contributed by atoms with van der Waals surface area (Å²) in [6.07, 6.45) is 16.6. The highest BCUT2D eigenvalue weighted by atomic mass is 16.5.